The van der Waals surface area contributed by atoms with Crippen molar-refractivity contribution in [3.05, 3.63) is 155 Å². The molecule has 2 fully saturated rings. The Morgan fingerprint density at radius 1 is 0.517 bits per heavy atom. The van der Waals surface area contributed by atoms with E-state index in [2.05, 4.69) is 152 Å². The van der Waals surface area contributed by atoms with E-state index in [1.165, 1.54) is 130 Å². The predicted molar refractivity (Wildman–Crippen MR) is 257 cm³/mol. The molecule has 58 heavy (non-hydrogen) atoms. The summed E-state index contributed by atoms with van der Waals surface area (Å²) in [5.74, 6) is 1.66. The molecule has 2 unspecified atom stereocenters. The standard InChI is InChI=1S/2C25H23.C3H7.CH3.2ClH.H2Si.Zr/c2*1-2-7-18(6-1)14-19-15-22-10-5-11-24(25(22)16-19)23-13-12-20-8-3-4-9-21(20)17-23;1-3-2;;;;;/h2*3-5,8-13,15-18H,1-2,6-7,14H2;1,3H2,2H3;1H3;2*1H;1H2;. The summed E-state index contributed by atoms with van der Waals surface area (Å²) in [7, 11) is 0. The van der Waals surface area contributed by atoms with E-state index < -0.39 is 17.4 Å². The van der Waals surface area contributed by atoms with Gasteiger partial charge in [0.2, 0.25) is 0 Å². The van der Waals surface area contributed by atoms with Crippen molar-refractivity contribution < 1.29 is 17.4 Å². The summed E-state index contributed by atoms with van der Waals surface area (Å²) in [4.78, 5) is 0. The summed E-state index contributed by atoms with van der Waals surface area (Å²) in [6.45, 7) is 5.14. The molecule has 0 nitrogen and oxygen atoms in total. The van der Waals surface area contributed by atoms with Crippen LogP contribution >= 0.6 is 24.8 Å². The maximum absolute atomic E-state index is 3.95. The molecule has 4 heteroatoms. The summed E-state index contributed by atoms with van der Waals surface area (Å²) < 4.78 is 5.51. The monoisotopic (exact) mass is 896 g/mol. The molecular formula is C54H60Cl2SiZr. The van der Waals surface area contributed by atoms with Crippen LogP contribution in [0.5, 0.6) is 0 Å². The van der Waals surface area contributed by atoms with E-state index in [0.717, 1.165) is 11.8 Å². The van der Waals surface area contributed by atoms with Crippen molar-refractivity contribution in [2.45, 2.75) is 93.6 Å². The SMILES string of the molecule is CC[CH2][Zr]([CH3])(=[SiH2])([CH]1C(CC2CCCC2)=Cc2c(-c3ccc4ccccc4c3)cccc21)[CH]1C(CC2CCCC2)=Cc2c(-c3ccc4ccccc4c3)cccc21.Cl.Cl. The van der Waals surface area contributed by atoms with Crippen molar-refractivity contribution in [1.29, 1.82) is 0 Å². The Morgan fingerprint density at radius 3 is 1.34 bits per heavy atom. The molecule has 2 saturated carbocycles. The summed E-state index contributed by atoms with van der Waals surface area (Å²) in [5, 5.41) is 5.32. The van der Waals surface area contributed by atoms with Crippen LogP contribution in [0, 0.1) is 11.8 Å². The van der Waals surface area contributed by atoms with Crippen LogP contribution in [0.4, 0.5) is 0 Å². The number of halogens is 2. The zero-order chi connectivity index (χ0) is 37.9. The Labute approximate surface area is 362 Å². The van der Waals surface area contributed by atoms with Crippen LogP contribution in [0.15, 0.2) is 132 Å². The number of hydrogen-bond acceptors (Lipinski definition) is 0. The molecule has 0 amide bonds. The Balaban J connectivity index is 0.00000235. The molecule has 4 aliphatic carbocycles. The third-order valence-corrected chi connectivity index (χ3v) is 38.6. The minimum atomic E-state index is -3.95. The van der Waals surface area contributed by atoms with Crippen molar-refractivity contribution in [3.63, 3.8) is 0 Å². The zero-order valence-corrected chi connectivity index (χ0v) is 40.0. The fraction of sp³-hybridized carbons (Fsp3) is 0.333. The van der Waals surface area contributed by atoms with E-state index in [9.17, 15) is 0 Å². The Bertz CT molecular complexity index is 2450. The van der Waals surface area contributed by atoms with E-state index in [1.807, 2.05) is 0 Å². The van der Waals surface area contributed by atoms with Crippen LogP contribution in [-0.2, 0) is 17.4 Å². The van der Waals surface area contributed by atoms with Gasteiger partial charge in [0.25, 0.3) is 0 Å². The third-order valence-electron chi connectivity index (χ3n) is 15.1. The van der Waals surface area contributed by atoms with Gasteiger partial charge in [0.15, 0.2) is 0 Å². The summed E-state index contributed by atoms with van der Waals surface area (Å²) >= 11 is -3.95. The molecule has 4 aliphatic rings. The van der Waals surface area contributed by atoms with Gasteiger partial charge < -0.3 is 0 Å². The normalized spacial score (nSPS) is 19.4. The van der Waals surface area contributed by atoms with Gasteiger partial charge >= 0.3 is 340 Å². The molecule has 0 radical (unpaired) electrons. The molecular weight excluding hydrogens is 839 g/mol. The minimum Gasteiger partial charge on any atom is -0.147 e. The first kappa shape index (κ1) is 41.7. The second kappa shape index (κ2) is 16.8. The minimum absolute atomic E-state index is 0. The Kier molecular flexibility index (Phi) is 12.1. The van der Waals surface area contributed by atoms with Crippen molar-refractivity contribution in [3.8, 4) is 22.3 Å². The third kappa shape index (κ3) is 7.31. The maximum atomic E-state index is 2.97. The molecule has 6 aromatic rings. The second-order valence-corrected chi connectivity index (χ2v) is 47.4. The number of hydrogen-bond donors (Lipinski definition) is 0. The fourth-order valence-electron chi connectivity index (χ4n) is 12.8. The first-order valence-electron chi connectivity index (χ1n) is 22.1. The van der Waals surface area contributed by atoms with Gasteiger partial charge in [-0.25, -0.2) is 0 Å². The summed E-state index contributed by atoms with van der Waals surface area (Å²) in [5.41, 5.74) is 15.6. The van der Waals surface area contributed by atoms with Gasteiger partial charge in [-0.05, 0) is 0 Å². The van der Waals surface area contributed by atoms with Gasteiger partial charge in [-0.1, -0.05) is 0 Å². The number of benzene rings is 6. The summed E-state index contributed by atoms with van der Waals surface area (Å²) in [6, 6.07) is 47.0. The smallest absolute Gasteiger partial charge is 0.147 e. The van der Waals surface area contributed by atoms with Crippen molar-refractivity contribution in [2.24, 2.45) is 11.8 Å². The van der Waals surface area contributed by atoms with Gasteiger partial charge in [0.05, 0.1) is 0 Å². The molecule has 0 aliphatic heterocycles. The van der Waals surface area contributed by atoms with E-state index >= 15 is 0 Å². The van der Waals surface area contributed by atoms with Crippen LogP contribution in [0.3, 0.4) is 0 Å². The van der Waals surface area contributed by atoms with Gasteiger partial charge in [0, 0.05) is 0 Å². The van der Waals surface area contributed by atoms with Crippen molar-refractivity contribution in [2.75, 3.05) is 0 Å². The topological polar surface area (TPSA) is 0 Å². The van der Waals surface area contributed by atoms with Gasteiger partial charge in [0.1, 0.15) is 0 Å². The van der Waals surface area contributed by atoms with Crippen LogP contribution in [0.25, 0.3) is 56.0 Å². The van der Waals surface area contributed by atoms with E-state index in [-0.39, 0.29) is 24.8 Å². The van der Waals surface area contributed by atoms with Crippen molar-refractivity contribution >= 4 is 65.4 Å². The molecule has 0 saturated heterocycles. The molecule has 2 atom stereocenters. The average Bonchev–Trinajstić information content (AvgIpc) is 4.05. The van der Waals surface area contributed by atoms with E-state index in [0.29, 0.717) is 7.25 Å². The van der Waals surface area contributed by atoms with Crippen LogP contribution in [-0.4, -0.2) is 6.88 Å². The molecule has 10 rings (SSSR count). The van der Waals surface area contributed by atoms with Crippen LogP contribution in [0.1, 0.15) is 107 Å². The quantitative estimate of drug-likeness (QED) is 0.120. The van der Waals surface area contributed by atoms with Gasteiger partial charge in [-0.2, -0.15) is 0 Å². The molecule has 0 heterocycles. The number of fused-ring (bicyclic) bond motifs is 4. The van der Waals surface area contributed by atoms with Gasteiger partial charge in [-0.3, -0.25) is 0 Å². The summed E-state index contributed by atoms with van der Waals surface area (Å²) in [6.07, 6.45) is 20.6. The Hall–Kier alpha value is -3.00. The molecule has 6 aromatic carbocycles. The van der Waals surface area contributed by atoms with Crippen molar-refractivity contribution in [1.82, 2.24) is 0 Å². The molecule has 0 N–H and O–H groups in total. The second-order valence-electron chi connectivity index (χ2n) is 19.0. The predicted octanol–water partition coefficient (Wildman–Crippen LogP) is 16.0. The maximum Gasteiger partial charge on any atom is -0.147 e. The number of rotatable bonds is 10. The number of allylic oxidation sites excluding steroid dienone is 2. The van der Waals surface area contributed by atoms with Crippen LogP contribution in [0.2, 0.25) is 8.76 Å². The Morgan fingerprint density at radius 2 is 0.931 bits per heavy atom. The van der Waals surface area contributed by atoms with E-state index in [4.69, 9.17) is 0 Å². The zero-order valence-electron chi connectivity index (χ0n) is 34.5. The molecule has 0 aromatic heterocycles. The largest absolute Gasteiger partial charge is 0.147 e. The fourth-order valence-corrected chi connectivity index (χ4v) is 38.6. The van der Waals surface area contributed by atoms with Gasteiger partial charge in [-0.15, -0.1) is 24.8 Å². The van der Waals surface area contributed by atoms with E-state index in [1.54, 1.807) is 22.3 Å². The molecule has 298 valence electrons. The first-order valence-corrected chi connectivity index (χ1v) is 35.0. The molecule has 0 bridgehead atoms. The van der Waals surface area contributed by atoms with Crippen LogP contribution < -0.4 is 0 Å². The first-order chi connectivity index (χ1) is 27.4. The average molecular weight is 899 g/mol. The molecule has 0 spiro atoms.